The largest absolute Gasteiger partial charge is 0.447 e. The van der Waals surface area contributed by atoms with E-state index in [9.17, 15) is 22.8 Å². The van der Waals surface area contributed by atoms with Crippen molar-refractivity contribution in [2.45, 2.75) is 51.9 Å². The normalized spacial score (nSPS) is 12.6. The quantitative estimate of drug-likeness (QED) is 0.818. The average Bonchev–Trinajstić information content (AvgIpc) is 2.45. The summed E-state index contributed by atoms with van der Waals surface area (Å²) in [5.41, 5.74) is -0.275. The van der Waals surface area contributed by atoms with Crippen LogP contribution < -0.4 is 10.6 Å². The molecular weight excluding hydrogens is 325 g/mol. The molecule has 0 saturated heterocycles. The van der Waals surface area contributed by atoms with Crippen LogP contribution in [0.3, 0.4) is 0 Å². The van der Waals surface area contributed by atoms with Gasteiger partial charge in [-0.25, -0.2) is 4.79 Å². The van der Waals surface area contributed by atoms with E-state index >= 15 is 0 Å². The summed E-state index contributed by atoms with van der Waals surface area (Å²) in [4.78, 5) is 23.1. The maximum absolute atomic E-state index is 12.5. The second kappa shape index (κ2) is 8.56. The van der Waals surface area contributed by atoms with Gasteiger partial charge in [0, 0.05) is 18.2 Å². The second-order valence-corrected chi connectivity index (χ2v) is 5.53. The maximum atomic E-state index is 12.5. The van der Waals surface area contributed by atoms with Crippen LogP contribution >= 0.6 is 0 Å². The number of alkyl halides is 3. The van der Waals surface area contributed by atoms with Crippen LogP contribution in [0.5, 0.6) is 0 Å². The summed E-state index contributed by atoms with van der Waals surface area (Å²) in [6.45, 7) is 5.14. The number of amides is 2. The predicted molar refractivity (Wildman–Crippen MR) is 83.5 cm³/mol. The van der Waals surface area contributed by atoms with Gasteiger partial charge < -0.3 is 10.1 Å². The Morgan fingerprint density at radius 1 is 1.17 bits per heavy atom. The summed E-state index contributed by atoms with van der Waals surface area (Å²) in [5.74, 6) is -0.521. The van der Waals surface area contributed by atoms with Gasteiger partial charge in [-0.2, -0.15) is 13.2 Å². The molecule has 2 amide bonds. The number of benzene rings is 1. The minimum absolute atomic E-state index is 0.00921. The molecule has 1 aromatic rings. The molecule has 0 heterocycles. The number of halogens is 3. The zero-order chi connectivity index (χ0) is 18.3. The number of nitrogens with one attached hydrogen (secondary N) is 2. The van der Waals surface area contributed by atoms with E-state index in [0.29, 0.717) is 12.1 Å². The fraction of sp³-hybridized carbons (Fsp3) is 0.500. The molecule has 0 aliphatic carbocycles. The molecule has 24 heavy (non-hydrogen) atoms. The lowest BCUT2D eigenvalue weighted by molar-refractivity contribution is -0.137. The summed E-state index contributed by atoms with van der Waals surface area (Å²) in [7, 11) is 0. The lowest BCUT2D eigenvalue weighted by Crippen LogP contribution is -2.36. The first-order valence-corrected chi connectivity index (χ1v) is 7.56. The van der Waals surface area contributed by atoms with E-state index < -0.39 is 23.7 Å². The minimum atomic E-state index is -4.39. The van der Waals surface area contributed by atoms with Gasteiger partial charge in [-0.15, -0.1) is 0 Å². The van der Waals surface area contributed by atoms with E-state index in [1.807, 2.05) is 6.92 Å². The molecule has 0 spiro atoms. The Hall–Kier alpha value is -2.25. The Morgan fingerprint density at radius 3 is 2.21 bits per heavy atom. The highest BCUT2D eigenvalue weighted by Crippen LogP contribution is 2.30. The molecule has 0 bridgehead atoms. The monoisotopic (exact) mass is 346 g/mol. The van der Waals surface area contributed by atoms with Gasteiger partial charge in [-0.1, -0.05) is 6.92 Å². The predicted octanol–water partition coefficient (Wildman–Crippen LogP) is 3.95. The van der Waals surface area contributed by atoms with Crippen molar-refractivity contribution in [2.24, 2.45) is 0 Å². The van der Waals surface area contributed by atoms with E-state index in [2.05, 4.69) is 10.6 Å². The molecule has 1 atom stereocenters. The summed E-state index contributed by atoms with van der Waals surface area (Å²) in [6, 6.07) is 4.21. The molecule has 1 aromatic carbocycles. The Bertz CT molecular complexity index is 557. The molecule has 0 aromatic heterocycles. The molecule has 0 fully saturated rings. The van der Waals surface area contributed by atoms with Crippen LogP contribution in [-0.4, -0.2) is 24.1 Å². The Balaban J connectivity index is 2.58. The van der Waals surface area contributed by atoms with Crippen LogP contribution in [0.4, 0.5) is 23.7 Å². The summed E-state index contributed by atoms with van der Waals surface area (Å²) in [6.07, 6.45) is -5.01. The van der Waals surface area contributed by atoms with Gasteiger partial charge in [0.1, 0.15) is 0 Å². The fourth-order valence-electron chi connectivity index (χ4n) is 1.92. The fourth-order valence-corrected chi connectivity index (χ4v) is 1.92. The zero-order valence-corrected chi connectivity index (χ0v) is 13.7. The molecule has 0 aliphatic rings. The van der Waals surface area contributed by atoms with Crippen molar-refractivity contribution >= 4 is 17.7 Å². The number of carbonyl (C=O) groups excluding carboxylic acids is 2. The second-order valence-electron chi connectivity index (χ2n) is 5.53. The lowest BCUT2D eigenvalue weighted by Gasteiger charge is -2.18. The van der Waals surface area contributed by atoms with Crippen LogP contribution in [0.15, 0.2) is 24.3 Å². The van der Waals surface area contributed by atoms with Crippen LogP contribution in [0, 0.1) is 0 Å². The highest BCUT2D eigenvalue weighted by Gasteiger charge is 2.30. The third-order valence-corrected chi connectivity index (χ3v) is 3.09. The Labute approximate surface area is 138 Å². The number of hydrogen-bond donors (Lipinski definition) is 2. The lowest BCUT2D eigenvalue weighted by atomic mass is 10.1. The smallest absolute Gasteiger partial charge is 0.416 e. The number of hydrogen-bond acceptors (Lipinski definition) is 4. The number of anilines is 1. The molecule has 0 radical (unpaired) electrons. The SMILES string of the molecule is CC[C@H](CC(=O)NC(=O)OC(C)C)Nc1ccc(C(F)(F)F)cc1. The van der Waals surface area contributed by atoms with Crippen molar-refractivity contribution in [3.8, 4) is 0 Å². The van der Waals surface area contributed by atoms with Crippen LogP contribution in [0.1, 0.15) is 39.2 Å². The molecule has 0 saturated carbocycles. The van der Waals surface area contributed by atoms with Gasteiger partial charge in [-0.3, -0.25) is 10.1 Å². The van der Waals surface area contributed by atoms with Crippen molar-refractivity contribution < 1.29 is 27.5 Å². The number of ether oxygens (including phenoxy) is 1. The zero-order valence-electron chi connectivity index (χ0n) is 13.7. The van der Waals surface area contributed by atoms with Gasteiger partial charge in [0.15, 0.2) is 0 Å². The van der Waals surface area contributed by atoms with E-state index in [1.165, 1.54) is 12.1 Å². The average molecular weight is 346 g/mol. The van der Waals surface area contributed by atoms with Crippen molar-refractivity contribution in [3.05, 3.63) is 29.8 Å². The molecule has 5 nitrogen and oxygen atoms in total. The molecule has 134 valence electrons. The van der Waals surface area contributed by atoms with Crippen molar-refractivity contribution in [2.75, 3.05) is 5.32 Å². The molecule has 2 N–H and O–H groups in total. The molecule has 1 rings (SSSR count). The first kappa shape index (κ1) is 19.8. The van der Waals surface area contributed by atoms with Crippen molar-refractivity contribution in [1.29, 1.82) is 0 Å². The number of alkyl carbamates (subject to hydrolysis) is 1. The van der Waals surface area contributed by atoms with E-state index in [-0.39, 0.29) is 18.6 Å². The standard InChI is InChI=1S/C16H21F3N2O3/c1-4-12(9-14(22)21-15(23)24-10(2)3)20-13-7-5-11(6-8-13)16(17,18)19/h5-8,10,12,20H,4,9H2,1-3H3,(H,21,22,23)/t12-/m1/s1. The van der Waals surface area contributed by atoms with Crippen molar-refractivity contribution in [1.82, 2.24) is 5.32 Å². The number of imide groups is 1. The molecule has 0 aliphatic heterocycles. The molecule has 8 heteroatoms. The summed E-state index contributed by atoms with van der Waals surface area (Å²) in [5, 5.41) is 5.07. The van der Waals surface area contributed by atoms with Gasteiger partial charge >= 0.3 is 12.3 Å². The van der Waals surface area contributed by atoms with Gasteiger partial charge in [-0.05, 0) is 44.5 Å². The molecule has 0 unspecified atom stereocenters. The Morgan fingerprint density at radius 2 is 1.75 bits per heavy atom. The summed E-state index contributed by atoms with van der Waals surface area (Å²) < 4.78 is 42.3. The van der Waals surface area contributed by atoms with Gasteiger partial charge in [0.25, 0.3) is 0 Å². The highest BCUT2D eigenvalue weighted by atomic mass is 19.4. The maximum Gasteiger partial charge on any atom is 0.416 e. The van der Waals surface area contributed by atoms with Crippen LogP contribution in [-0.2, 0) is 15.7 Å². The van der Waals surface area contributed by atoms with E-state index in [0.717, 1.165) is 12.1 Å². The van der Waals surface area contributed by atoms with Gasteiger partial charge in [0.05, 0.1) is 11.7 Å². The van der Waals surface area contributed by atoms with E-state index in [1.54, 1.807) is 13.8 Å². The number of carbonyl (C=O) groups is 2. The summed E-state index contributed by atoms with van der Waals surface area (Å²) >= 11 is 0. The van der Waals surface area contributed by atoms with Gasteiger partial charge in [0.2, 0.25) is 5.91 Å². The van der Waals surface area contributed by atoms with E-state index in [4.69, 9.17) is 4.74 Å². The van der Waals surface area contributed by atoms with Crippen molar-refractivity contribution in [3.63, 3.8) is 0 Å². The Kier molecular flexibility index (Phi) is 7.06. The van der Waals surface area contributed by atoms with Crippen LogP contribution in [0.25, 0.3) is 0 Å². The highest BCUT2D eigenvalue weighted by molar-refractivity contribution is 5.92. The third kappa shape index (κ3) is 6.89. The molecular formula is C16H21F3N2O3. The first-order chi connectivity index (χ1) is 11.1. The third-order valence-electron chi connectivity index (χ3n) is 3.09. The topological polar surface area (TPSA) is 67.4 Å². The number of rotatable bonds is 6. The van der Waals surface area contributed by atoms with Crippen LogP contribution in [0.2, 0.25) is 0 Å². The first-order valence-electron chi connectivity index (χ1n) is 7.56. The minimum Gasteiger partial charge on any atom is -0.447 e.